The molecule has 19 heavy (non-hydrogen) atoms. The molecule has 100 valence electrons. The van der Waals surface area contributed by atoms with Gasteiger partial charge in [-0.1, -0.05) is 12.1 Å². The van der Waals surface area contributed by atoms with Crippen molar-refractivity contribution in [1.29, 1.82) is 0 Å². The summed E-state index contributed by atoms with van der Waals surface area (Å²) in [5.74, 6) is -0.0685. The molecule has 0 bridgehead atoms. The quantitative estimate of drug-likeness (QED) is 0.852. The summed E-state index contributed by atoms with van der Waals surface area (Å²) in [6.45, 7) is 3.88. The first-order valence-electron chi connectivity index (χ1n) is 5.98. The number of anilines is 1. The third-order valence-corrected chi connectivity index (χ3v) is 3.62. The van der Waals surface area contributed by atoms with Gasteiger partial charge in [0.15, 0.2) is 0 Å². The summed E-state index contributed by atoms with van der Waals surface area (Å²) in [6, 6.07) is 10.2. The van der Waals surface area contributed by atoms with Crippen molar-refractivity contribution in [2.24, 2.45) is 0 Å². The second kappa shape index (κ2) is 5.61. The largest absolute Gasteiger partial charge is 0.508 e. The first-order valence-corrected chi connectivity index (χ1v) is 6.78. The van der Waals surface area contributed by atoms with E-state index >= 15 is 0 Å². The maximum Gasteiger partial charge on any atom is 0.139 e. The molecule has 2 aromatic rings. The molecule has 0 aliphatic carbocycles. The maximum atomic E-state index is 13.5. The molecule has 0 aliphatic heterocycles. The van der Waals surface area contributed by atoms with E-state index in [0.29, 0.717) is 4.47 Å². The fourth-order valence-corrected chi connectivity index (χ4v) is 2.37. The second-order valence-corrected chi connectivity index (χ2v) is 5.40. The highest BCUT2D eigenvalue weighted by atomic mass is 79.9. The second-order valence-electron chi connectivity index (χ2n) is 4.54. The number of phenolic OH excluding ortho intramolecular Hbond substituents is 1. The zero-order valence-electron chi connectivity index (χ0n) is 10.7. The van der Waals surface area contributed by atoms with Crippen molar-refractivity contribution in [2.75, 3.05) is 5.32 Å². The highest BCUT2D eigenvalue weighted by molar-refractivity contribution is 9.10. The molecule has 0 saturated heterocycles. The maximum absolute atomic E-state index is 13.5. The smallest absolute Gasteiger partial charge is 0.139 e. The SMILES string of the molecule is Cc1cc(Br)c(F)cc1NC(C)c1cccc(O)c1. The summed E-state index contributed by atoms with van der Waals surface area (Å²) in [7, 11) is 0. The molecule has 2 nitrogen and oxygen atoms in total. The number of hydrogen-bond acceptors (Lipinski definition) is 2. The Morgan fingerprint density at radius 1 is 1.26 bits per heavy atom. The average molecular weight is 324 g/mol. The summed E-state index contributed by atoms with van der Waals surface area (Å²) >= 11 is 3.17. The number of hydrogen-bond donors (Lipinski definition) is 2. The lowest BCUT2D eigenvalue weighted by Gasteiger charge is -2.18. The molecule has 0 amide bonds. The van der Waals surface area contributed by atoms with Crippen molar-refractivity contribution in [3.8, 4) is 5.75 Å². The fourth-order valence-electron chi connectivity index (χ4n) is 1.91. The lowest BCUT2D eigenvalue weighted by Crippen LogP contribution is -2.08. The van der Waals surface area contributed by atoms with Gasteiger partial charge >= 0.3 is 0 Å². The van der Waals surface area contributed by atoms with Crippen molar-refractivity contribution >= 4 is 21.6 Å². The van der Waals surface area contributed by atoms with E-state index in [1.54, 1.807) is 24.3 Å². The van der Waals surface area contributed by atoms with Gasteiger partial charge in [0.05, 0.1) is 4.47 Å². The molecule has 0 aliphatic rings. The zero-order chi connectivity index (χ0) is 14.0. The fraction of sp³-hybridized carbons (Fsp3) is 0.200. The molecule has 0 radical (unpaired) electrons. The van der Waals surface area contributed by atoms with Crippen LogP contribution in [0.1, 0.15) is 24.1 Å². The summed E-state index contributed by atoms with van der Waals surface area (Å²) < 4.78 is 14.0. The van der Waals surface area contributed by atoms with Crippen LogP contribution >= 0.6 is 15.9 Å². The molecular weight excluding hydrogens is 309 g/mol. The average Bonchev–Trinajstić information content (AvgIpc) is 2.36. The standard InChI is InChI=1S/C15H15BrFNO/c1-9-6-13(16)14(17)8-15(9)18-10(2)11-4-3-5-12(19)7-11/h3-8,10,18-19H,1-2H3. The number of aromatic hydroxyl groups is 1. The third kappa shape index (κ3) is 3.26. The van der Waals surface area contributed by atoms with Crippen molar-refractivity contribution < 1.29 is 9.50 Å². The van der Waals surface area contributed by atoms with E-state index in [1.807, 2.05) is 19.9 Å². The van der Waals surface area contributed by atoms with Crippen LogP contribution in [0.2, 0.25) is 0 Å². The number of rotatable bonds is 3. The summed E-state index contributed by atoms with van der Waals surface area (Å²) in [6.07, 6.45) is 0. The van der Waals surface area contributed by atoms with Gasteiger partial charge in [-0.3, -0.25) is 0 Å². The normalized spacial score (nSPS) is 12.2. The predicted molar refractivity (Wildman–Crippen MR) is 79.0 cm³/mol. The molecule has 1 unspecified atom stereocenters. The number of aryl methyl sites for hydroxylation is 1. The summed E-state index contributed by atoms with van der Waals surface area (Å²) in [5.41, 5.74) is 2.65. The van der Waals surface area contributed by atoms with Crippen LogP contribution in [0.5, 0.6) is 5.75 Å². The van der Waals surface area contributed by atoms with Gasteiger partial charge in [0, 0.05) is 11.7 Å². The Morgan fingerprint density at radius 2 is 2.00 bits per heavy atom. The molecule has 2 N–H and O–H groups in total. The molecular formula is C15H15BrFNO. The Bertz CT molecular complexity index is 601. The Labute approximate surface area is 120 Å². The van der Waals surface area contributed by atoms with Crippen molar-refractivity contribution in [3.05, 3.63) is 57.8 Å². The number of phenols is 1. The lowest BCUT2D eigenvalue weighted by atomic mass is 10.1. The molecule has 2 aromatic carbocycles. The van der Waals surface area contributed by atoms with Gasteiger partial charge in [-0.05, 0) is 65.2 Å². The van der Waals surface area contributed by atoms with Gasteiger partial charge in [0.1, 0.15) is 11.6 Å². The number of nitrogens with one attached hydrogen (secondary N) is 1. The van der Waals surface area contributed by atoms with Gasteiger partial charge in [-0.2, -0.15) is 0 Å². The van der Waals surface area contributed by atoms with Gasteiger partial charge in [-0.25, -0.2) is 4.39 Å². The highest BCUT2D eigenvalue weighted by Gasteiger charge is 2.10. The van der Waals surface area contributed by atoms with E-state index in [-0.39, 0.29) is 17.6 Å². The Morgan fingerprint density at radius 3 is 2.68 bits per heavy atom. The van der Waals surface area contributed by atoms with E-state index < -0.39 is 0 Å². The van der Waals surface area contributed by atoms with Crippen molar-refractivity contribution in [2.45, 2.75) is 19.9 Å². The lowest BCUT2D eigenvalue weighted by molar-refractivity contribution is 0.474. The Hall–Kier alpha value is -1.55. The topological polar surface area (TPSA) is 32.3 Å². The van der Waals surface area contributed by atoms with Crippen LogP contribution in [0.25, 0.3) is 0 Å². The number of halogens is 2. The highest BCUT2D eigenvalue weighted by Crippen LogP contribution is 2.28. The molecule has 0 spiro atoms. The first-order chi connectivity index (χ1) is 8.97. The zero-order valence-corrected chi connectivity index (χ0v) is 12.3. The van der Waals surface area contributed by atoms with Gasteiger partial charge in [0.2, 0.25) is 0 Å². The van der Waals surface area contributed by atoms with Gasteiger partial charge in [0.25, 0.3) is 0 Å². The van der Waals surface area contributed by atoms with Crippen LogP contribution in [0, 0.1) is 12.7 Å². The van der Waals surface area contributed by atoms with Gasteiger partial charge < -0.3 is 10.4 Å². The van der Waals surface area contributed by atoms with Crippen LogP contribution in [-0.2, 0) is 0 Å². The third-order valence-electron chi connectivity index (χ3n) is 3.01. The van der Waals surface area contributed by atoms with Crippen LogP contribution in [0.15, 0.2) is 40.9 Å². The summed E-state index contributed by atoms with van der Waals surface area (Å²) in [5, 5.41) is 12.7. The molecule has 1 atom stereocenters. The van der Waals surface area contributed by atoms with E-state index in [0.717, 1.165) is 16.8 Å². The molecule has 0 aromatic heterocycles. The molecule has 2 rings (SSSR count). The van der Waals surface area contributed by atoms with E-state index in [9.17, 15) is 9.50 Å². The molecule has 4 heteroatoms. The van der Waals surface area contributed by atoms with Crippen LogP contribution in [-0.4, -0.2) is 5.11 Å². The van der Waals surface area contributed by atoms with E-state index in [1.165, 1.54) is 6.07 Å². The van der Waals surface area contributed by atoms with Crippen LogP contribution in [0.3, 0.4) is 0 Å². The van der Waals surface area contributed by atoms with Crippen molar-refractivity contribution in [1.82, 2.24) is 0 Å². The minimum atomic E-state index is -0.295. The first kappa shape index (κ1) is 13.9. The molecule has 0 fully saturated rings. The molecule has 0 saturated carbocycles. The van der Waals surface area contributed by atoms with Crippen LogP contribution < -0.4 is 5.32 Å². The van der Waals surface area contributed by atoms with Crippen LogP contribution in [0.4, 0.5) is 10.1 Å². The predicted octanol–water partition coefficient (Wildman–Crippen LogP) is 4.78. The van der Waals surface area contributed by atoms with Gasteiger partial charge in [-0.15, -0.1) is 0 Å². The Kier molecular flexibility index (Phi) is 4.10. The molecule has 0 heterocycles. The number of benzene rings is 2. The minimum absolute atomic E-state index is 0.0219. The summed E-state index contributed by atoms with van der Waals surface area (Å²) in [4.78, 5) is 0. The minimum Gasteiger partial charge on any atom is -0.508 e. The van der Waals surface area contributed by atoms with E-state index in [2.05, 4.69) is 21.2 Å². The van der Waals surface area contributed by atoms with Crippen molar-refractivity contribution in [3.63, 3.8) is 0 Å². The van der Waals surface area contributed by atoms with E-state index in [4.69, 9.17) is 0 Å². The Balaban J connectivity index is 2.24. The monoisotopic (exact) mass is 323 g/mol.